The summed E-state index contributed by atoms with van der Waals surface area (Å²) in [4.78, 5) is 22.4. The summed E-state index contributed by atoms with van der Waals surface area (Å²) in [6.07, 6.45) is -1.50. The highest BCUT2D eigenvalue weighted by molar-refractivity contribution is 5.97. The second kappa shape index (κ2) is 5.97. The number of aliphatic hydroxyl groups excluding tert-OH is 1. The molecule has 0 aliphatic heterocycles. The number of amides is 1. The van der Waals surface area contributed by atoms with Gasteiger partial charge in [-0.05, 0) is 12.1 Å². The third-order valence-corrected chi connectivity index (χ3v) is 2.13. The first-order valence-corrected chi connectivity index (χ1v) is 4.98. The van der Waals surface area contributed by atoms with E-state index >= 15 is 0 Å². The molecule has 0 aliphatic rings. The molecule has 18 heavy (non-hydrogen) atoms. The van der Waals surface area contributed by atoms with Gasteiger partial charge in [0.05, 0.1) is 19.2 Å². The molecule has 1 atom stereocenters. The van der Waals surface area contributed by atoms with Crippen LogP contribution in [0.25, 0.3) is 0 Å². The molecular weight excluding hydrogens is 245 g/mol. The zero-order valence-corrected chi connectivity index (χ0v) is 9.51. The van der Waals surface area contributed by atoms with E-state index in [1.54, 1.807) is 0 Å². The predicted octanol–water partition coefficient (Wildman–Crippen LogP) is -0.205. The zero-order valence-electron chi connectivity index (χ0n) is 9.51. The number of ether oxygens (including phenoxy) is 1. The first-order valence-electron chi connectivity index (χ1n) is 4.98. The van der Waals surface area contributed by atoms with Crippen LogP contribution < -0.4 is 5.32 Å². The van der Waals surface area contributed by atoms with Crippen LogP contribution in [-0.2, 0) is 9.53 Å². The SMILES string of the molecule is COC(=O)C(O)CNC(=O)c1ccc(F)cc1O. The van der Waals surface area contributed by atoms with Crippen LogP contribution in [0.5, 0.6) is 5.75 Å². The predicted molar refractivity (Wildman–Crippen MR) is 58.4 cm³/mol. The number of methoxy groups -OCH3 is 1. The van der Waals surface area contributed by atoms with Gasteiger partial charge in [0.25, 0.3) is 5.91 Å². The van der Waals surface area contributed by atoms with E-state index in [1.807, 2.05) is 0 Å². The summed E-state index contributed by atoms with van der Waals surface area (Å²) in [5.41, 5.74) is -0.159. The number of hydrogen-bond donors (Lipinski definition) is 3. The van der Waals surface area contributed by atoms with E-state index in [1.165, 1.54) is 0 Å². The van der Waals surface area contributed by atoms with Gasteiger partial charge in [0, 0.05) is 6.07 Å². The first-order chi connectivity index (χ1) is 8.45. The molecule has 7 heteroatoms. The first kappa shape index (κ1) is 13.9. The van der Waals surface area contributed by atoms with Gasteiger partial charge in [-0.1, -0.05) is 0 Å². The number of hydrogen-bond acceptors (Lipinski definition) is 5. The Morgan fingerprint density at radius 2 is 2.17 bits per heavy atom. The lowest BCUT2D eigenvalue weighted by atomic mass is 10.2. The van der Waals surface area contributed by atoms with E-state index in [0.717, 1.165) is 25.3 Å². The van der Waals surface area contributed by atoms with E-state index in [2.05, 4.69) is 10.1 Å². The Labute approximate surface area is 102 Å². The highest BCUT2D eigenvalue weighted by Crippen LogP contribution is 2.17. The second-order valence-corrected chi connectivity index (χ2v) is 3.41. The van der Waals surface area contributed by atoms with Crippen LogP contribution in [0.3, 0.4) is 0 Å². The summed E-state index contributed by atoms with van der Waals surface area (Å²) in [7, 11) is 1.10. The van der Waals surface area contributed by atoms with Gasteiger partial charge < -0.3 is 20.3 Å². The summed E-state index contributed by atoms with van der Waals surface area (Å²) in [6, 6.07) is 2.88. The molecular formula is C11H12FNO5. The number of nitrogens with one attached hydrogen (secondary N) is 1. The molecule has 0 bridgehead atoms. The average Bonchev–Trinajstić information content (AvgIpc) is 2.34. The number of benzene rings is 1. The zero-order chi connectivity index (χ0) is 13.7. The fraction of sp³-hybridized carbons (Fsp3) is 0.273. The summed E-state index contributed by atoms with van der Waals surface area (Å²) in [6.45, 7) is -0.373. The van der Waals surface area contributed by atoms with Crippen molar-refractivity contribution in [2.24, 2.45) is 0 Å². The van der Waals surface area contributed by atoms with Crippen molar-refractivity contribution in [3.05, 3.63) is 29.6 Å². The Morgan fingerprint density at radius 3 is 2.72 bits per heavy atom. The van der Waals surface area contributed by atoms with Gasteiger partial charge in [0.2, 0.25) is 0 Å². The molecule has 3 N–H and O–H groups in total. The fourth-order valence-corrected chi connectivity index (χ4v) is 1.20. The number of rotatable bonds is 4. The minimum atomic E-state index is -1.50. The molecule has 0 aliphatic carbocycles. The van der Waals surface area contributed by atoms with Crippen molar-refractivity contribution >= 4 is 11.9 Å². The van der Waals surface area contributed by atoms with Gasteiger partial charge in [-0.25, -0.2) is 9.18 Å². The van der Waals surface area contributed by atoms with Gasteiger partial charge in [-0.2, -0.15) is 0 Å². The van der Waals surface area contributed by atoms with Crippen LogP contribution >= 0.6 is 0 Å². The number of halogens is 1. The Hall–Kier alpha value is -2.15. The van der Waals surface area contributed by atoms with Gasteiger partial charge in [0.1, 0.15) is 11.6 Å². The second-order valence-electron chi connectivity index (χ2n) is 3.41. The molecule has 0 radical (unpaired) electrons. The normalized spacial score (nSPS) is 11.7. The summed E-state index contributed by atoms with van der Waals surface area (Å²) in [5, 5.41) is 20.7. The molecule has 0 saturated carbocycles. The summed E-state index contributed by atoms with van der Waals surface area (Å²) >= 11 is 0. The Kier molecular flexibility index (Phi) is 4.61. The average molecular weight is 257 g/mol. The topological polar surface area (TPSA) is 95.9 Å². The molecule has 0 spiro atoms. The molecule has 1 aromatic carbocycles. The Balaban J connectivity index is 2.63. The van der Waals surface area contributed by atoms with Crippen molar-refractivity contribution in [1.82, 2.24) is 5.32 Å². The third-order valence-electron chi connectivity index (χ3n) is 2.13. The maximum absolute atomic E-state index is 12.7. The van der Waals surface area contributed by atoms with E-state index in [-0.39, 0.29) is 12.1 Å². The number of aromatic hydroxyl groups is 1. The maximum atomic E-state index is 12.7. The fourth-order valence-electron chi connectivity index (χ4n) is 1.20. The smallest absolute Gasteiger partial charge is 0.336 e. The Bertz CT molecular complexity index is 463. The van der Waals surface area contributed by atoms with E-state index < -0.39 is 29.5 Å². The number of carbonyl (C=O) groups is 2. The lowest BCUT2D eigenvalue weighted by molar-refractivity contribution is -0.149. The van der Waals surface area contributed by atoms with Crippen molar-refractivity contribution in [3.8, 4) is 5.75 Å². The molecule has 1 rings (SSSR count). The van der Waals surface area contributed by atoms with Crippen molar-refractivity contribution in [3.63, 3.8) is 0 Å². The van der Waals surface area contributed by atoms with Crippen molar-refractivity contribution < 1.29 is 28.9 Å². The minimum Gasteiger partial charge on any atom is -0.507 e. The molecule has 0 aromatic heterocycles. The quantitative estimate of drug-likeness (QED) is 0.649. The standard InChI is InChI=1S/C11H12FNO5/c1-18-11(17)9(15)5-13-10(16)7-3-2-6(12)4-8(7)14/h2-4,9,14-15H,5H2,1H3,(H,13,16). The number of phenolic OH excluding ortho intramolecular Hbond substituents is 1. The number of carbonyl (C=O) groups excluding carboxylic acids is 2. The van der Waals surface area contributed by atoms with E-state index in [9.17, 15) is 24.2 Å². The van der Waals surface area contributed by atoms with Crippen LogP contribution in [0, 0.1) is 5.82 Å². The molecule has 0 heterocycles. The summed E-state index contributed by atoms with van der Waals surface area (Å²) < 4.78 is 16.9. The molecule has 1 aromatic rings. The molecule has 0 fully saturated rings. The van der Waals surface area contributed by atoms with E-state index in [0.29, 0.717) is 0 Å². The summed E-state index contributed by atoms with van der Waals surface area (Å²) in [5.74, 6) is -2.84. The van der Waals surface area contributed by atoms with Crippen LogP contribution in [0.4, 0.5) is 4.39 Å². The molecule has 1 amide bonds. The van der Waals surface area contributed by atoms with Crippen molar-refractivity contribution in [1.29, 1.82) is 0 Å². The van der Waals surface area contributed by atoms with Gasteiger partial charge in [-0.15, -0.1) is 0 Å². The molecule has 1 unspecified atom stereocenters. The highest BCUT2D eigenvalue weighted by atomic mass is 19.1. The maximum Gasteiger partial charge on any atom is 0.336 e. The highest BCUT2D eigenvalue weighted by Gasteiger charge is 2.18. The largest absolute Gasteiger partial charge is 0.507 e. The van der Waals surface area contributed by atoms with Gasteiger partial charge in [0.15, 0.2) is 6.10 Å². The van der Waals surface area contributed by atoms with Gasteiger partial charge >= 0.3 is 5.97 Å². The minimum absolute atomic E-state index is 0.159. The molecule has 6 nitrogen and oxygen atoms in total. The van der Waals surface area contributed by atoms with Crippen LogP contribution in [0.1, 0.15) is 10.4 Å². The Morgan fingerprint density at radius 1 is 1.50 bits per heavy atom. The number of esters is 1. The van der Waals surface area contributed by atoms with Crippen LogP contribution in [0.2, 0.25) is 0 Å². The number of phenols is 1. The lowest BCUT2D eigenvalue weighted by Crippen LogP contribution is -2.37. The van der Waals surface area contributed by atoms with Crippen LogP contribution in [0.15, 0.2) is 18.2 Å². The lowest BCUT2D eigenvalue weighted by Gasteiger charge is -2.10. The van der Waals surface area contributed by atoms with E-state index in [4.69, 9.17) is 0 Å². The molecule has 98 valence electrons. The van der Waals surface area contributed by atoms with Crippen molar-refractivity contribution in [2.45, 2.75) is 6.10 Å². The monoisotopic (exact) mass is 257 g/mol. The third kappa shape index (κ3) is 3.42. The van der Waals surface area contributed by atoms with Crippen molar-refractivity contribution in [2.75, 3.05) is 13.7 Å². The number of aliphatic hydroxyl groups is 1. The molecule has 0 saturated heterocycles. The van der Waals surface area contributed by atoms with Gasteiger partial charge in [-0.3, -0.25) is 4.79 Å². The van der Waals surface area contributed by atoms with Crippen LogP contribution in [-0.4, -0.2) is 41.8 Å².